The van der Waals surface area contributed by atoms with Crippen molar-refractivity contribution in [2.45, 2.75) is 6.42 Å². The van der Waals surface area contributed by atoms with Gasteiger partial charge in [-0.05, 0) is 25.1 Å². The number of nitrogens with one attached hydrogen (secondary N) is 1. The zero-order valence-corrected chi connectivity index (χ0v) is 10.6. The van der Waals surface area contributed by atoms with Gasteiger partial charge in [0.25, 0.3) is 0 Å². The minimum Gasteiger partial charge on any atom is -0.478 e. The number of likely N-dealkylation sites (N-methyl/N-ethyl adjacent to an activating group) is 2. The number of rotatable bonds is 6. The van der Waals surface area contributed by atoms with E-state index in [1.165, 1.54) is 0 Å². The molecule has 0 radical (unpaired) electrons. The highest BCUT2D eigenvalue weighted by Gasteiger charge is 2.11. The zero-order chi connectivity index (χ0) is 13.5. The van der Waals surface area contributed by atoms with Crippen LogP contribution in [0.25, 0.3) is 0 Å². The van der Waals surface area contributed by atoms with Crippen LogP contribution in [-0.2, 0) is 11.2 Å². The van der Waals surface area contributed by atoms with Gasteiger partial charge in [-0.2, -0.15) is 0 Å². The molecule has 0 spiro atoms. The summed E-state index contributed by atoms with van der Waals surface area (Å²) in [5.41, 5.74) is 1.04. The molecule has 5 heteroatoms. The van der Waals surface area contributed by atoms with Crippen molar-refractivity contribution in [3.8, 4) is 0 Å². The summed E-state index contributed by atoms with van der Waals surface area (Å²) in [6.07, 6.45) is 0.536. The Morgan fingerprint density at radius 2 is 2.00 bits per heavy atom. The number of nitrogens with zero attached hydrogens (tertiary/aromatic N) is 1. The van der Waals surface area contributed by atoms with Gasteiger partial charge in [-0.1, -0.05) is 18.2 Å². The maximum atomic E-state index is 11.5. The monoisotopic (exact) mass is 250 g/mol. The van der Waals surface area contributed by atoms with E-state index in [9.17, 15) is 9.59 Å². The molecule has 0 aromatic heterocycles. The Labute approximate surface area is 106 Å². The number of carboxylic acid groups (broad SMARTS) is 1. The molecule has 18 heavy (non-hydrogen) atoms. The second-order valence-corrected chi connectivity index (χ2v) is 4.06. The molecule has 0 atom stereocenters. The third kappa shape index (κ3) is 3.85. The van der Waals surface area contributed by atoms with Crippen molar-refractivity contribution in [3.63, 3.8) is 0 Å². The molecule has 2 N–H and O–H groups in total. The summed E-state index contributed by atoms with van der Waals surface area (Å²) in [6.45, 7) is 0.794. The van der Waals surface area contributed by atoms with Crippen LogP contribution in [0.15, 0.2) is 24.3 Å². The van der Waals surface area contributed by atoms with Crippen LogP contribution in [-0.4, -0.2) is 49.1 Å². The Bertz CT molecular complexity index is 432. The number of carbonyl (C=O) groups is 2. The fraction of sp³-hybridized carbons (Fsp3) is 0.385. The summed E-state index contributed by atoms with van der Waals surface area (Å²) in [5, 5.41) is 11.8. The number of carboxylic acids is 1. The van der Waals surface area contributed by atoms with Crippen molar-refractivity contribution in [1.82, 2.24) is 10.2 Å². The summed E-state index contributed by atoms with van der Waals surface area (Å²) in [6, 6.07) is 6.85. The average molecular weight is 250 g/mol. The van der Waals surface area contributed by atoms with Crippen LogP contribution in [0.3, 0.4) is 0 Å². The van der Waals surface area contributed by atoms with E-state index in [-0.39, 0.29) is 12.5 Å². The lowest BCUT2D eigenvalue weighted by Crippen LogP contribution is -2.35. The van der Waals surface area contributed by atoms with Gasteiger partial charge >= 0.3 is 5.97 Å². The van der Waals surface area contributed by atoms with Gasteiger partial charge in [0.05, 0.1) is 12.1 Å². The highest BCUT2D eigenvalue weighted by Crippen LogP contribution is 2.09. The smallest absolute Gasteiger partial charge is 0.335 e. The quantitative estimate of drug-likeness (QED) is 0.776. The number of hydrogen-bond acceptors (Lipinski definition) is 3. The summed E-state index contributed by atoms with van der Waals surface area (Å²) < 4.78 is 0. The maximum absolute atomic E-state index is 11.5. The van der Waals surface area contributed by atoms with Crippen LogP contribution in [0.1, 0.15) is 15.9 Å². The van der Waals surface area contributed by atoms with Crippen molar-refractivity contribution >= 4 is 11.9 Å². The molecule has 5 nitrogen and oxygen atoms in total. The van der Waals surface area contributed by atoms with Gasteiger partial charge in [0.2, 0.25) is 5.91 Å². The molecule has 1 rings (SSSR count). The molecule has 1 aromatic rings. The zero-order valence-electron chi connectivity index (χ0n) is 10.6. The fourth-order valence-corrected chi connectivity index (χ4v) is 1.65. The number of hydrogen-bond donors (Lipinski definition) is 2. The van der Waals surface area contributed by atoms with Crippen LogP contribution in [0, 0.1) is 0 Å². The second-order valence-electron chi connectivity index (χ2n) is 4.06. The first-order valence-corrected chi connectivity index (χ1v) is 5.76. The molecule has 0 saturated carbocycles. The predicted molar refractivity (Wildman–Crippen MR) is 68.7 cm³/mol. The van der Waals surface area contributed by atoms with Gasteiger partial charge in [-0.25, -0.2) is 4.79 Å². The van der Waals surface area contributed by atoms with Gasteiger partial charge in [-0.3, -0.25) is 4.79 Å². The van der Waals surface area contributed by atoms with Crippen LogP contribution >= 0.6 is 0 Å². The van der Waals surface area contributed by atoms with E-state index in [2.05, 4.69) is 5.32 Å². The van der Waals surface area contributed by atoms with Crippen LogP contribution in [0.4, 0.5) is 0 Å². The third-order valence-corrected chi connectivity index (χ3v) is 2.72. The van der Waals surface area contributed by atoms with Crippen molar-refractivity contribution in [1.29, 1.82) is 0 Å². The van der Waals surface area contributed by atoms with Gasteiger partial charge in [0, 0.05) is 13.6 Å². The summed E-state index contributed by atoms with van der Waals surface area (Å²) in [5.74, 6) is -0.944. The normalized spacial score (nSPS) is 10.1. The van der Waals surface area contributed by atoms with Gasteiger partial charge in [0.1, 0.15) is 0 Å². The van der Waals surface area contributed by atoms with Crippen LogP contribution in [0.5, 0.6) is 0 Å². The maximum Gasteiger partial charge on any atom is 0.335 e. The molecule has 1 amide bonds. The summed E-state index contributed by atoms with van der Waals surface area (Å²) >= 11 is 0. The van der Waals surface area contributed by atoms with Crippen molar-refractivity contribution in [3.05, 3.63) is 35.4 Å². The highest BCUT2D eigenvalue weighted by atomic mass is 16.4. The number of aromatic carboxylic acids is 1. The SMILES string of the molecule is CNCC(=O)N(C)CCc1ccccc1C(=O)O. The highest BCUT2D eigenvalue weighted by molar-refractivity contribution is 5.89. The Balaban J connectivity index is 2.63. The Morgan fingerprint density at radius 3 is 2.61 bits per heavy atom. The van der Waals surface area contributed by atoms with E-state index in [1.807, 2.05) is 0 Å². The summed E-state index contributed by atoms with van der Waals surface area (Å²) in [7, 11) is 3.43. The topological polar surface area (TPSA) is 69.6 Å². The Hall–Kier alpha value is -1.88. The number of carbonyl (C=O) groups excluding carboxylic acids is 1. The van der Waals surface area contributed by atoms with E-state index in [1.54, 1.807) is 43.3 Å². The molecule has 98 valence electrons. The van der Waals surface area contributed by atoms with Gasteiger partial charge in [0.15, 0.2) is 0 Å². The number of benzene rings is 1. The minimum absolute atomic E-state index is 0.00898. The standard InChI is InChI=1S/C13H18N2O3/c1-14-9-12(16)15(2)8-7-10-5-3-4-6-11(10)13(17)18/h3-6,14H,7-9H2,1-2H3,(H,17,18). The first kappa shape index (κ1) is 14.2. The van der Waals surface area contributed by atoms with E-state index in [0.29, 0.717) is 18.5 Å². The molecule has 0 heterocycles. The summed E-state index contributed by atoms with van der Waals surface area (Å²) in [4.78, 5) is 24.1. The Morgan fingerprint density at radius 1 is 1.33 bits per heavy atom. The fourth-order valence-electron chi connectivity index (χ4n) is 1.65. The minimum atomic E-state index is -0.935. The average Bonchev–Trinajstić information content (AvgIpc) is 2.36. The predicted octanol–water partition coefficient (Wildman–Crippen LogP) is 0.605. The van der Waals surface area contributed by atoms with Gasteiger partial charge < -0.3 is 15.3 Å². The van der Waals surface area contributed by atoms with Crippen molar-refractivity contribution < 1.29 is 14.7 Å². The van der Waals surface area contributed by atoms with Gasteiger partial charge in [-0.15, -0.1) is 0 Å². The first-order chi connectivity index (χ1) is 8.56. The third-order valence-electron chi connectivity index (χ3n) is 2.72. The molecule has 0 fully saturated rings. The Kier molecular flexibility index (Phi) is 5.32. The van der Waals surface area contributed by atoms with Crippen molar-refractivity contribution in [2.24, 2.45) is 0 Å². The molecule has 1 aromatic carbocycles. The second kappa shape index (κ2) is 6.76. The number of amides is 1. The van der Waals surface area contributed by atoms with Crippen molar-refractivity contribution in [2.75, 3.05) is 27.2 Å². The molecular weight excluding hydrogens is 232 g/mol. The van der Waals surface area contributed by atoms with E-state index in [4.69, 9.17) is 5.11 Å². The molecule has 0 unspecified atom stereocenters. The van der Waals surface area contributed by atoms with E-state index >= 15 is 0 Å². The lowest BCUT2D eigenvalue weighted by Gasteiger charge is -2.17. The largest absolute Gasteiger partial charge is 0.478 e. The lowest BCUT2D eigenvalue weighted by atomic mass is 10.0. The molecule has 0 aliphatic carbocycles. The molecule has 0 bridgehead atoms. The molecule has 0 aliphatic rings. The molecule has 0 aliphatic heterocycles. The molecular formula is C13H18N2O3. The van der Waals surface area contributed by atoms with Crippen LogP contribution in [0.2, 0.25) is 0 Å². The van der Waals surface area contributed by atoms with E-state index in [0.717, 1.165) is 5.56 Å². The lowest BCUT2D eigenvalue weighted by molar-refractivity contribution is -0.128. The van der Waals surface area contributed by atoms with Crippen LogP contribution < -0.4 is 5.32 Å². The van der Waals surface area contributed by atoms with E-state index < -0.39 is 5.97 Å². The first-order valence-electron chi connectivity index (χ1n) is 5.76. The molecule has 0 saturated heterocycles.